The fourth-order valence-electron chi connectivity index (χ4n) is 1.76. The first kappa shape index (κ1) is 14.9. The normalized spacial score (nSPS) is 15.3. The van der Waals surface area contributed by atoms with Crippen LogP contribution in [-0.2, 0) is 10.0 Å². The van der Waals surface area contributed by atoms with E-state index in [0.29, 0.717) is 24.5 Å². The van der Waals surface area contributed by atoms with Gasteiger partial charge in [0.15, 0.2) is 11.6 Å². The average Bonchev–Trinajstić information content (AvgIpc) is 3.15. The first-order chi connectivity index (χ1) is 9.31. The molecule has 0 aromatic heterocycles. The Kier molecular flexibility index (Phi) is 4.05. The van der Waals surface area contributed by atoms with E-state index in [-0.39, 0.29) is 6.54 Å². The Morgan fingerprint density at radius 3 is 2.55 bits per heavy atom. The number of carbonyl (C=O) groups is 1. The van der Waals surface area contributed by atoms with E-state index >= 15 is 0 Å². The van der Waals surface area contributed by atoms with E-state index in [0.717, 1.165) is 12.8 Å². The van der Waals surface area contributed by atoms with Crippen LogP contribution >= 0.6 is 0 Å². The molecule has 1 saturated carbocycles. The maximum Gasteiger partial charge on any atom is 0.335 e. The maximum absolute atomic E-state index is 13.6. The van der Waals surface area contributed by atoms with Crippen molar-refractivity contribution in [1.29, 1.82) is 0 Å². The lowest BCUT2D eigenvalue weighted by Crippen LogP contribution is -2.26. The Bertz CT molecular complexity index is 641. The summed E-state index contributed by atoms with van der Waals surface area (Å²) in [6, 6.07) is 1.06. The molecule has 2 rings (SSSR count). The van der Waals surface area contributed by atoms with E-state index in [2.05, 4.69) is 4.72 Å². The van der Waals surface area contributed by atoms with Crippen LogP contribution in [0, 0.1) is 17.6 Å². The largest absolute Gasteiger partial charge is 0.478 e. The van der Waals surface area contributed by atoms with Crippen LogP contribution in [-0.4, -0.2) is 26.0 Å². The molecule has 1 aromatic carbocycles. The minimum Gasteiger partial charge on any atom is -0.478 e. The summed E-state index contributed by atoms with van der Waals surface area (Å²) in [5, 5.41) is 8.74. The smallest absolute Gasteiger partial charge is 0.335 e. The van der Waals surface area contributed by atoms with Gasteiger partial charge in [0, 0.05) is 6.54 Å². The zero-order valence-corrected chi connectivity index (χ0v) is 11.2. The summed E-state index contributed by atoms with van der Waals surface area (Å²) >= 11 is 0. The van der Waals surface area contributed by atoms with Crippen molar-refractivity contribution < 1.29 is 27.1 Å². The van der Waals surface area contributed by atoms with Crippen molar-refractivity contribution in [1.82, 2.24) is 4.72 Å². The van der Waals surface area contributed by atoms with Gasteiger partial charge >= 0.3 is 5.97 Å². The molecule has 0 radical (unpaired) electrons. The van der Waals surface area contributed by atoms with Gasteiger partial charge in [0.2, 0.25) is 10.0 Å². The maximum atomic E-state index is 13.6. The van der Waals surface area contributed by atoms with Crippen molar-refractivity contribution in [3.63, 3.8) is 0 Å². The molecule has 20 heavy (non-hydrogen) atoms. The zero-order valence-electron chi connectivity index (χ0n) is 10.4. The molecule has 8 heteroatoms. The van der Waals surface area contributed by atoms with Crippen molar-refractivity contribution in [3.05, 3.63) is 29.3 Å². The molecule has 5 nitrogen and oxygen atoms in total. The first-order valence-electron chi connectivity index (χ1n) is 6.03. The van der Waals surface area contributed by atoms with Crippen molar-refractivity contribution in [2.75, 3.05) is 6.54 Å². The summed E-state index contributed by atoms with van der Waals surface area (Å²) in [4.78, 5) is 9.77. The lowest BCUT2D eigenvalue weighted by molar-refractivity contribution is 0.0696. The SMILES string of the molecule is O=C(O)c1cc(F)c(F)c(S(=O)(=O)NCCC2CC2)c1. The topological polar surface area (TPSA) is 83.5 Å². The van der Waals surface area contributed by atoms with Crippen LogP contribution in [0.4, 0.5) is 8.78 Å². The summed E-state index contributed by atoms with van der Waals surface area (Å²) < 4.78 is 52.7. The number of hydrogen-bond donors (Lipinski definition) is 2. The van der Waals surface area contributed by atoms with Gasteiger partial charge in [-0.15, -0.1) is 0 Å². The Morgan fingerprint density at radius 1 is 1.35 bits per heavy atom. The number of carboxylic acids is 1. The molecule has 1 aliphatic rings. The van der Waals surface area contributed by atoms with Gasteiger partial charge in [0.1, 0.15) is 4.90 Å². The van der Waals surface area contributed by atoms with E-state index in [1.54, 1.807) is 0 Å². The standard InChI is InChI=1S/C12H13F2NO4S/c13-9-5-8(12(16)17)6-10(11(9)14)20(18,19)15-4-3-7-1-2-7/h5-7,15H,1-4H2,(H,16,17). The molecule has 0 saturated heterocycles. The van der Waals surface area contributed by atoms with Gasteiger partial charge in [0.05, 0.1) is 5.56 Å². The van der Waals surface area contributed by atoms with E-state index in [4.69, 9.17) is 5.11 Å². The lowest BCUT2D eigenvalue weighted by Gasteiger charge is -2.09. The molecule has 0 heterocycles. The number of nitrogens with one attached hydrogen (secondary N) is 1. The fraction of sp³-hybridized carbons (Fsp3) is 0.417. The van der Waals surface area contributed by atoms with E-state index < -0.39 is 38.1 Å². The second-order valence-electron chi connectivity index (χ2n) is 4.71. The zero-order chi connectivity index (χ0) is 14.9. The Hall–Kier alpha value is -1.54. The lowest BCUT2D eigenvalue weighted by atomic mass is 10.2. The van der Waals surface area contributed by atoms with Crippen LogP contribution in [0.1, 0.15) is 29.6 Å². The van der Waals surface area contributed by atoms with E-state index in [1.165, 1.54) is 0 Å². The van der Waals surface area contributed by atoms with Crippen molar-refractivity contribution in [2.24, 2.45) is 5.92 Å². The van der Waals surface area contributed by atoms with Gasteiger partial charge in [-0.25, -0.2) is 26.7 Å². The van der Waals surface area contributed by atoms with Crippen LogP contribution in [0.25, 0.3) is 0 Å². The van der Waals surface area contributed by atoms with Gasteiger partial charge in [-0.05, 0) is 24.5 Å². The fourth-order valence-corrected chi connectivity index (χ4v) is 2.92. The molecule has 0 aliphatic heterocycles. The van der Waals surface area contributed by atoms with Gasteiger partial charge in [0.25, 0.3) is 0 Å². The van der Waals surface area contributed by atoms with Crippen LogP contribution in [0.5, 0.6) is 0 Å². The molecular formula is C12H13F2NO4S. The van der Waals surface area contributed by atoms with Gasteiger partial charge in [-0.3, -0.25) is 0 Å². The second-order valence-corrected chi connectivity index (χ2v) is 6.44. The highest BCUT2D eigenvalue weighted by atomic mass is 32.2. The molecule has 1 aliphatic carbocycles. The van der Waals surface area contributed by atoms with Crippen LogP contribution in [0.15, 0.2) is 17.0 Å². The summed E-state index contributed by atoms with van der Waals surface area (Å²) in [5.41, 5.74) is -0.619. The number of carboxylic acid groups (broad SMARTS) is 1. The third-order valence-electron chi connectivity index (χ3n) is 3.07. The molecular weight excluding hydrogens is 292 g/mol. The van der Waals surface area contributed by atoms with Gasteiger partial charge < -0.3 is 5.11 Å². The molecule has 1 aromatic rings. The average molecular weight is 305 g/mol. The van der Waals surface area contributed by atoms with E-state index in [9.17, 15) is 22.0 Å². The summed E-state index contributed by atoms with van der Waals surface area (Å²) in [5.74, 6) is -4.13. The highest BCUT2D eigenvalue weighted by Crippen LogP contribution is 2.32. The third kappa shape index (κ3) is 3.31. The molecule has 2 N–H and O–H groups in total. The first-order valence-corrected chi connectivity index (χ1v) is 7.51. The number of sulfonamides is 1. The number of rotatable bonds is 6. The highest BCUT2D eigenvalue weighted by Gasteiger charge is 2.26. The Morgan fingerprint density at radius 2 is 2.00 bits per heavy atom. The number of aromatic carboxylic acids is 1. The predicted octanol–water partition coefficient (Wildman–Crippen LogP) is 1.74. The van der Waals surface area contributed by atoms with E-state index in [1.807, 2.05) is 0 Å². The van der Waals surface area contributed by atoms with Crippen molar-refractivity contribution >= 4 is 16.0 Å². The monoisotopic (exact) mass is 305 g/mol. The third-order valence-corrected chi connectivity index (χ3v) is 4.53. The minimum absolute atomic E-state index is 0.116. The van der Waals surface area contributed by atoms with Crippen LogP contribution < -0.4 is 4.72 Å². The minimum atomic E-state index is -4.27. The number of benzene rings is 1. The molecule has 1 fully saturated rings. The Labute approximate surface area is 114 Å². The number of halogens is 2. The molecule has 0 spiro atoms. The quantitative estimate of drug-likeness (QED) is 0.838. The Balaban J connectivity index is 2.26. The second kappa shape index (κ2) is 5.45. The van der Waals surface area contributed by atoms with Crippen LogP contribution in [0.2, 0.25) is 0 Å². The molecule has 0 atom stereocenters. The number of hydrogen-bond acceptors (Lipinski definition) is 3. The molecule has 0 bridgehead atoms. The van der Waals surface area contributed by atoms with Gasteiger partial charge in [-0.2, -0.15) is 0 Å². The predicted molar refractivity (Wildman–Crippen MR) is 65.8 cm³/mol. The molecule has 0 amide bonds. The van der Waals surface area contributed by atoms with Crippen molar-refractivity contribution in [3.8, 4) is 0 Å². The molecule has 110 valence electrons. The highest BCUT2D eigenvalue weighted by molar-refractivity contribution is 7.89. The summed E-state index contributed by atoms with van der Waals surface area (Å²) in [6.07, 6.45) is 2.71. The summed E-state index contributed by atoms with van der Waals surface area (Å²) in [7, 11) is -4.27. The molecule has 0 unspecified atom stereocenters. The van der Waals surface area contributed by atoms with Gasteiger partial charge in [-0.1, -0.05) is 12.8 Å². The van der Waals surface area contributed by atoms with Crippen LogP contribution in [0.3, 0.4) is 0 Å². The summed E-state index contributed by atoms with van der Waals surface area (Å²) in [6.45, 7) is 0.116. The van der Waals surface area contributed by atoms with Crippen molar-refractivity contribution in [2.45, 2.75) is 24.2 Å².